The van der Waals surface area contributed by atoms with Crippen molar-refractivity contribution in [1.29, 1.82) is 0 Å². The standard InChI is InChI=1S/C24H29N3O4S/c1-18(2)23(28)25-21-9-6-10-22(17-21)26-24(29)20-11-14-27(15-12-20)32(30,31)16-13-19-7-4-3-5-8-19/h3-10,13,16-18,20H,11-12,14-15H2,1-2H3,(H,25,28)(H,26,29)/b16-13+. The van der Waals surface area contributed by atoms with Crippen LogP contribution in [0.2, 0.25) is 0 Å². The minimum absolute atomic E-state index is 0.0941. The lowest BCUT2D eigenvalue weighted by Crippen LogP contribution is -2.40. The molecule has 1 fully saturated rings. The molecule has 2 amide bonds. The highest BCUT2D eigenvalue weighted by molar-refractivity contribution is 7.92. The van der Waals surface area contributed by atoms with E-state index in [4.69, 9.17) is 0 Å². The number of anilines is 2. The molecule has 2 aromatic rings. The third kappa shape index (κ3) is 6.51. The first-order valence-corrected chi connectivity index (χ1v) is 12.2. The molecule has 0 saturated carbocycles. The fraction of sp³-hybridized carbons (Fsp3) is 0.333. The molecule has 0 aromatic heterocycles. The minimum atomic E-state index is -3.53. The maximum Gasteiger partial charge on any atom is 0.236 e. The summed E-state index contributed by atoms with van der Waals surface area (Å²) < 4.78 is 26.6. The molecule has 8 heteroatoms. The van der Waals surface area contributed by atoms with E-state index in [-0.39, 0.29) is 23.7 Å². The Morgan fingerprint density at radius 2 is 1.59 bits per heavy atom. The molecule has 0 spiro atoms. The van der Waals surface area contributed by atoms with E-state index in [1.54, 1.807) is 30.3 Å². The second-order valence-electron chi connectivity index (χ2n) is 8.15. The number of amides is 2. The molecule has 0 radical (unpaired) electrons. The Labute approximate surface area is 189 Å². The maximum absolute atomic E-state index is 12.7. The third-order valence-corrected chi connectivity index (χ3v) is 6.90. The normalized spacial score (nSPS) is 15.7. The Bertz CT molecular complexity index is 1070. The number of hydrogen-bond donors (Lipinski definition) is 2. The van der Waals surface area contributed by atoms with Gasteiger partial charge >= 0.3 is 0 Å². The van der Waals surface area contributed by atoms with Crippen LogP contribution in [0.25, 0.3) is 6.08 Å². The molecule has 170 valence electrons. The van der Waals surface area contributed by atoms with Crippen molar-refractivity contribution in [2.45, 2.75) is 26.7 Å². The predicted molar refractivity (Wildman–Crippen MR) is 127 cm³/mol. The first-order valence-electron chi connectivity index (χ1n) is 10.7. The highest BCUT2D eigenvalue weighted by Gasteiger charge is 2.30. The molecule has 1 heterocycles. The van der Waals surface area contributed by atoms with E-state index in [0.29, 0.717) is 37.3 Å². The molecule has 0 unspecified atom stereocenters. The number of rotatable bonds is 7. The monoisotopic (exact) mass is 455 g/mol. The lowest BCUT2D eigenvalue weighted by molar-refractivity contribution is -0.121. The third-order valence-electron chi connectivity index (χ3n) is 5.34. The largest absolute Gasteiger partial charge is 0.326 e. The first-order chi connectivity index (χ1) is 15.2. The summed E-state index contributed by atoms with van der Waals surface area (Å²) in [6, 6.07) is 16.3. The van der Waals surface area contributed by atoms with Crippen LogP contribution in [0.1, 0.15) is 32.3 Å². The van der Waals surface area contributed by atoms with E-state index in [1.165, 1.54) is 9.71 Å². The molecule has 7 nitrogen and oxygen atoms in total. The molecule has 1 aliphatic heterocycles. The minimum Gasteiger partial charge on any atom is -0.326 e. The number of nitrogens with zero attached hydrogens (tertiary/aromatic N) is 1. The van der Waals surface area contributed by atoms with Crippen molar-refractivity contribution in [3.63, 3.8) is 0 Å². The van der Waals surface area contributed by atoms with Crippen LogP contribution in [0.3, 0.4) is 0 Å². The van der Waals surface area contributed by atoms with Crippen molar-refractivity contribution in [2.24, 2.45) is 11.8 Å². The second-order valence-corrected chi connectivity index (χ2v) is 9.96. The Morgan fingerprint density at radius 1 is 0.969 bits per heavy atom. The molecule has 2 aromatic carbocycles. The molecule has 32 heavy (non-hydrogen) atoms. The molecule has 1 saturated heterocycles. The summed E-state index contributed by atoms with van der Waals surface area (Å²) in [5.74, 6) is -0.650. The molecule has 1 aliphatic rings. The number of sulfonamides is 1. The molecule has 0 aliphatic carbocycles. The van der Waals surface area contributed by atoms with Gasteiger partial charge in [-0.1, -0.05) is 50.2 Å². The van der Waals surface area contributed by atoms with E-state index in [1.807, 2.05) is 44.2 Å². The second kappa shape index (κ2) is 10.6. The Morgan fingerprint density at radius 3 is 2.22 bits per heavy atom. The van der Waals surface area contributed by atoms with Gasteiger partial charge < -0.3 is 10.6 Å². The number of carbonyl (C=O) groups excluding carboxylic acids is 2. The average Bonchev–Trinajstić information content (AvgIpc) is 2.79. The van der Waals surface area contributed by atoms with E-state index < -0.39 is 10.0 Å². The van der Waals surface area contributed by atoms with Crippen LogP contribution in [-0.2, 0) is 19.6 Å². The first kappa shape index (κ1) is 23.7. The number of piperidine rings is 1. The zero-order chi connectivity index (χ0) is 23.1. The molecule has 0 bridgehead atoms. The zero-order valence-corrected chi connectivity index (χ0v) is 19.1. The molecule has 0 atom stereocenters. The number of carbonyl (C=O) groups is 2. The summed E-state index contributed by atoms with van der Waals surface area (Å²) in [5, 5.41) is 6.92. The number of nitrogens with one attached hydrogen (secondary N) is 2. The van der Waals surface area contributed by atoms with E-state index in [2.05, 4.69) is 10.6 Å². The zero-order valence-electron chi connectivity index (χ0n) is 18.3. The SMILES string of the molecule is CC(C)C(=O)Nc1cccc(NC(=O)C2CCN(S(=O)(=O)/C=C/c3ccccc3)CC2)c1. The quantitative estimate of drug-likeness (QED) is 0.661. The van der Waals surface area contributed by atoms with Crippen molar-refractivity contribution in [2.75, 3.05) is 23.7 Å². The van der Waals surface area contributed by atoms with Crippen molar-refractivity contribution in [1.82, 2.24) is 4.31 Å². The molecule has 2 N–H and O–H groups in total. The van der Waals surface area contributed by atoms with E-state index in [9.17, 15) is 18.0 Å². The smallest absolute Gasteiger partial charge is 0.236 e. The van der Waals surface area contributed by atoms with Gasteiger partial charge in [0.2, 0.25) is 21.8 Å². The number of hydrogen-bond acceptors (Lipinski definition) is 4. The van der Waals surface area contributed by atoms with Gasteiger partial charge in [0.1, 0.15) is 0 Å². The van der Waals surface area contributed by atoms with Crippen LogP contribution in [0.5, 0.6) is 0 Å². The summed E-state index contributed by atoms with van der Waals surface area (Å²) in [4.78, 5) is 24.6. The fourth-order valence-electron chi connectivity index (χ4n) is 3.39. The topological polar surface area (TPSA) is 95.6 Å². The van der Waals surface area contributed by atoms with Crippen LogP contribution in [0, 0.1) is 11.8 Å². The van der Waals surface area contributed by atoms with Crippen molar-refractivity contribution in [3.05, 3.63) is 65.6 Å². The summed E-state index contributed by atoms with van der Waals surface area (Å²) in [7, 11) is -3.53. The van der Waals surface area contributed by atoms with Crippen molar-refractivity contribution < 1.29 is 18.0 Å². The predicted octanol–water partition coefficient (Wildman–Crippen LogP) is 3.93. The van der Waals surface area contributed by atoms with Gasteiger partial charge in [0, 0.05) is 41.7 Å². The fourth-order valence-corrected chi connectivity index (χ4v) is 4.61. The van der Waals surface area contributed by atoms with E-state index in [0.717, 1.165) is 5.56 Å². The van der Waals surface area contributed by atoms with Gasteiger partial charge in [-0.3, -0.25) is 9.59 Å². The van der Waals surface area contributed by atoms with Gasteiger partial charge in [-0.05, 0) is 42.7 Å². The van der Waals surface area contributed by atoms with Crippen LogP contribution in [0.4, 0.5) is 11.4 Å². The van der Waals surface area contributed by atoms with Crippen LogP contribution in [-0.4, -0.2) is 37.6 Å². The lowest BCUT2D eigenvalue weighted by Gasteiger charge is -2.29. The van der Waals surface area contributed by atoms with Crippen molar-refractivity contribution in [3.8, 4) is 0 Å². The number of benzene rings is 2. The summed E-state index contributed by atoms with van der Waals surface area (Å²) in [5.41, 5.74) is 2.03. The Balaban J connectivity index is 1.54. The van der Waals surface area contributed by atoms with Crippen LogP contribution < -0.4 is 10.6 Å². The highest BCUT2D eigenvalue weighted by atomic mass is 32.2. The Kier molecular flexibility index (Phi) is 7.82. The van der Waals surface area contributed by atoms with Gasteiger partial charge in [0.05, 0.1) is 0 Å². The molecular weight excluding hydrogens is 426 g/mol. The average molecular weight is 456 g/mol. The van der Waals surface area contributed by atoms with Crippen LogP contribution in [0.15, 0.2) is 60.0 Å². The lowest BCUT2D eigenvalue weighted by atomic mass is 9.97. The molecule has 3 rings (SSSR count). The van der Waals surface area contributed by atoms with Gasteiger partial charge in [-0.25, -0.2) is 8.42 Å². The summed E-state index contributed by atoms with van der Waals surface area (Å²) in [6.07, 6.45) is 2.49. The Hall–Kier alpha value is -2.97. The van der Waals surface area contributed by atoms with E-state index >= 15 is 0 Å². The summed E-state index contributed by atoms with van der Waals surface area (Å²) in [6.45, 7) is 4.21. The molecular formula is C24H29N3O4S. The maximum atomic E-state index is 12.7. The van der Waals surface area contributed by atoms with Crippen LogP contribution >= 0.6 is 0 Å². The highest BCUT2D eigenvalue weighted by Crippen LogP contribution is 2.23. The summed E-state index contributed by atoms with van der Waals surface area (Å²) >= 11 is 0. The van der Waals surface area contributed by atoms with Gasteiger partial charge in [-0.15, -0.1) is 0 Å². The van der Waals surface area contributed by atoms with Gasteiger partial charge in [0.15, 0.2) is 0 Å². The van der Waals surface area contributed by atoms with Gasteiger partial charge in [0.25, 0.3) is 0 Å². The van der Waals surface area contributed by atoms with Gasteiger partial charge in [-0.2, -0.15) is 4.31 Å². The van der Waals surface area contributed by atoms with Crippen molar-refractivity contribution >= 4 is 39.3 Å².